The van der Waals surface area contributed by atoms with Crippen molar-refractivity contribution in [2.75, 3.05) is 33.4 Å². The monoisotopic (exact) mass is 399 g/mol. The first-order valence-electron chi connectivity index (χ1n) is 11.5. The van der Waals surface area contributed by atoms with Gasteiger partial charge < -0.3 is 19.3 Å². The van der Waals surface area contributed by atoms with E-state index in [4.69, 9.17) is 14.2 Å². The van der Waals surface area contributed by atoms with Gasteiger partial charge in [0.2, 0.25) is 0 Å². The number of nitrogens with zero attached hydrogens (tertiary/aromatic N) is 1. The minimum Gasteiger partial charge on any atom is -0.497 e. The maximum Gasteiger partial charge on any atom is 0.169 e. The van der Waals surface area contributed by atoms with Gasteiger partial charge in [-0.3, -0.25) is 4.90 Å². The van der Waals surface area contributed by atoms with Crippen molar-refractivity contribution in [1.29, 1.82) is 0 Å². The third-order valence-electron chi connectivity index (χ3n) is 8.88. The van der Waals surface area contributed by atoms with E-state index in [0.717, 1.165) is 56.9 Å². The SMILES string of the molecule is COc1ccc2c(c1)[C@]13CCN(CC4CCC4)[C@@H](C2)[C@]1(O)CCC1(C3)OCCO1. The van der Waals surface area contributed by atoms with Gasteiger partial charge in [0, 0.05) is 30.8 Å². The lowest BCUT2D eigenvalue weighted by Gasteiger charge is -2.66. The van der Waals surface area contributed by atoms with E-state index in [2.05, 4.69) is 23.1 Å². The molecule has 2 saturated carbocycles. The second-order valence-corrected chi connectivity index (χ2v) is 10.1. The number of methoxy groups -OCH3 is 1. The minimum atomic E-state index is -0.727. The lowest BCUT2D eigenvalue weighted by molar-refractivity contribution is -0.259. The summed E-state index contributed by atoms with van der Waals surface area (Å²) in [5, 5.41) is 12.4. The Bertz CT molecular complexity index is 802. The quantitative estimate of drug-likeness (QED) is 0.847. The van der Waals surface area contributed by atoms with Crippen LogP contribution in [0.3, 0.4) is 0 Å². The molecule has 0 amide bonds. The third kappa shape index (κ3) is 2.54. The lowest BCUT2D eigenvalue weighted by Crippen LogP contribution is -2.75. The van der Waals surface area contributed by atoms with E-state index in [-0.39, 0.29) is 11.5 Å². The topological polar surface area (TPSA) is 51.2 Å². The van der Waals surface area contributed by atoms with Crippen LogP contribution in [0.25, 0.3) is 0 Å². The third-order valence-corrected chi connectivity index (χ3v) is 8.88. The summed E-state index contributed by atoms with van der Waals surface area (Å²) >= 11 is 0. The van der Waals surface area contributed by atoms with Crippen molar-refractivity contribution in [3.8, 4) is 5.75 Å². The molecule has 3 aliphatic carbocycles. The van der Waals surface area contributed by atoms with Crippen LogP contribution in [-0.2, 0) is 21.3 Å². The molecule has 1 aromatic rings. The van der Waals surface area contributed by atoms with Crippen LogP contribution in [0.15, 0.2) is 18.2 Å². The Morgan fingerprint density at radius 2 is 2.00 bits per heavy atom. The highest BCUT2D eigenvalue weighted by Gasteiger charge is 2.68. The summed E-state index contributed by atoms with van der Waals surface area (Å²) in [6.45, 7) is 3.52. The summed E-state index contributed by atoms with van der Waals surface area (Å²) in [5.74, 6) is 1.17. The Labute approximate surface area is 173 Å². The molecule has 2 heterocycles. The molecule has 5 nitrogen and oxygen atoms in total. The molecule has 1 N–H and O–H groups in total. The summed E-state index contributed by atoms with van der Waals surface area (Å²) < 4.78 is 17.9. The lowest BCUT2D eigenvalue weighted by atomic mass is 9.48. The van der Waals surface area contributed by atoms with Gasteiger partial charge in [-0.1, -0.05) is 12.5 Å². The van der Waals surface area contributed by atoms with Crippen LogP contribution >= 0.6 is 0 Å². The van der Waals surface area contributed by atoms with E-state index >= 15 is 0 Å². The Hall–Kier alpha value is -1.14. The fourth-order valence-corrected chi connectivity index (χ4v) is 7.15. The summed E-state index contributed by atoms with van der Waals surface area (Å²) in [5.41, 5.74) is 1.60. The highest BCUT2D eigenvalue weighted by atomic mass is 16.7. The van der Waals surface area contributed by atoms with Gasteiger partial charge in [0.1, 0.15) is 5.75 Å². The maximum atomic E-state index is 12.4. The first-order valence-corrected chi connectivity index (χ1v) is 11.5. The molecule has 2 bridgehead atoms. The smallest absolute Gasteiger partial charge is 0.169 e. The predicted molar refractivity (Wildman–Crippen MR) is 109 cm³/mol. The zero-order chi connectivity index (χ0) is 19.7. The molecule has 4 fully saturated rings. The van der Waals surface area contributed by atoms with Crippen LogP contribution in [0.2, 0.25) is 0 Å². The molecule has 2 aliphatic heterocycles. The van der Waals surface area contributed by atoms with Gasteiger partial charge in [-0.15, -0.1) is 0 Å². The van der Waals surface area contributed by atoms with Crippen molar-refractivity contribution in [2.45, 2.75) is 74.2 Å². The average molecular weight is 400 g/mol. The van der Waals surface area contributed by atoms with E-state index in [0.29, 0.717) is 13.2 Å². The van der Waals surface area contributed by atoms with Crippen LogP contribution in [0.4, 0.5) is 0 Å². The maximum absolute atomic E-state index is 12.4. The highest BCUT2D eigenvalue weighted by molar-refractivity contribution is 5.49. The van der Waals surface area contributed by atoms with Gasteiger partial charge in [-0.25, -0.2) is 0 Å². The summed E-state index contributed by atoms with van der Waals surface area (Å²) in [7, 11) is 1.73. The minimum absolute atomic E-state index is 0.191. The van der Waals surface area contributed by atoms with Gasteiger partial charge in [0.15, 0.2) is 5.79 Å². The zero-order valence-electron chi connectivity index (χ0n) is 17.5. The molecule has 29 heavy (non-hydrogen) atoms. The molecule has 0 aromatic heterocycles. The normalized spacial score (nSPS) is 38.3. The van der Waals surface area contributed by atoms with Gasteiger partial charge in [0.05, 0.1) is 25.9 Å². The first-order chi connectivity index (χ1) is 14.1. The highest BCUT2D eigenvalue weighted by Crippen LogP contribution is 2.61. The summed E-state index contributed by atoms with van der Waals surface area (Å²) in [6.07, 6.45) is 8.26. The van der Waals surface area contributed by atoms with Crippen molar-refractivity contribution in [3.63, 3.8) is 0 Å². The number of hydrogen-bond donors (Lipinski definition) is 1. The summed E-state index contributed by atoms with van der Waals surface area (Å²) in [4.78, 5) is 2.63. The zero-order valence-corrected chi connectivity index (χ0v) is 17.5. The van der Waals surface area contributed by atoms with Crippen LogP contribution in [0.1, 0.15) is 56.1 Å². The van der Waals surface area contributed by atoms with Crippen molar-refractivity contribution >= 4 is 0 Å². The van der Waals surface area contributed by atoms with E-state index in [1.54, 1.807) is 7.11 Å². The number of hydrogen-bond acceptors (Lipinski definition) is 5. The van der Waals surface area contributed by atoms with Crippen LogP contribution in [0.5, 0.6) is 5.75 Å². The Balaban J connectivity index is 1.45. The summed E-state index contributed by atoms with van der Waals surface area (Å²) in [6, 6.07) is 6.68. The molecular formula is C24H33NO4. The molecule has 5 heteroatoms. The van der Waals surface area contributed by atoms with Gasteiger partial charge in [0.25, 0.3) is 0 Å². The van der Waals surface area contributed by atoms with Crippen LogP contribution < -0.4 is 4.74 Å². The predicted octanol–water partition coefficient (Wildman–Crippen LogP) is 3.02. The Morgan fingerprint density at radius 1 is 1.17 bits per heavy atom. The molecule has 0 radical (unpaired) electrons. The number of ether oxygens (including phenoxy) is 3. The molecule has 5 aliphatic rings. The van der Waals surface area contributed by atoms with Crippen LogP contribution in [0, 0.1) is 5.92 Å². The van der Waals surface area contributed by atoms with E-state index in [9.17, 15) is 5.11 Å². The second-order valence-electron chi connectivity index (χ2n) is 10.1. The Morgan fingerprint density at radius 3 is 2.72 bits per heavy atom. The van der Waals surface area contributed by atoms with Crippen molar-refractivity contribution < 1.29 is 19.3 Å². The molecular weight excluding hydrogens is 366 g/mol. The van der Waals surface area contributed by atoms with Gasteiger partial charge in [-0.05, 0) is 67.8 Å². The molecule has 6 rings (SSSR count). The number of likely N-dealkylation sites (tertiary alicyclic amines) is 1. The standard InChI is InChI=1S/C24H33NO4/c1-27-19-6-5-18-13-21-24(26)8-7-23(28-11-12-29-23)16-22(24,20(18)14-19)9-10-25(21)15-17-3-2-4-17/h5-6,14,17,21,26H,2-4,7-13,15-16H2,1H3/t21-,22+,24+/m0/s1. The Kier molecular flexibility index (Phi) is 4.13. The van der Waals surface area contributed by atoms with Gasteiger partial charge >= 0.3 is 0 Å². The molecule has 1 spiro atoms. The molecule has 158 valence electrons. The first kappa shape index (κ1) is 18.6. The van der Waals surface area contributed by atoms with Crippen LogP contribution in [-0.4, -0.2) is 60.8 Å². The number of rotatable bonds is 3. The number of fused-ring (bicyclic) bond motifs is 1. The van der Waals surface area contributed by atoms with Crippen molar-refractivity contribution in [3.05, 3.63) is 29.3 Å². The number of benzene rings is 1. The molecule has 2 saturated heterocycles. The second kappa shape index (κ2) is 6.43. The fourth-order valence-electron chi connectivity index (χ4n) is 7.15. The molecule has 0 unspecified atom stereocenters. The van der Waals surface area contributed by atoms with Crippen molar-refractivity contribution in [2.24, 2.45) is 5.92 Å². The van der Waals surface area contributed by atoms with E-state index in [1.165, 1.54) is 30.4 Å². The van der Waals surface area contributed by atoms with Crippen molar-refractivity contribution in [1.82, 2.24) is 4.90 Å². The van der Waals surface area contributed by atoms with E-state index in [1.807, 2.05) is 0 Å². The van der Waals surface area contributed by atoms with Gasteiger partial charge in [-0.2, -0.15) is 0 Å². The number of aliphatic hydroxyl groups is 1. The molecule has 1 aromatic carbocycles. The number of piperidine rings is 1. The molecule has 3 atom stereocenters. The largest absolute Gasteiger partial charge is 0.497 e. The average Bonchev–Trinajstić information content (AvgIpc) is 3.14. The van der Waals surface area contributed by atoms with E-state index < -0.39 is 11.4 Å². The fraction of sp³-hybridized carbons (Fsp3) is 0.750.